The Morgan fingerprint density at radius 2 is 2.05 bits per heavy atom. The highest BCUT2D eigenvalue weighted by Crippen LogP contribution is 2.25. The highest BCUT2D eigenvalue weighted by molar-refractivity contribution is 5.98. The van der Waals surface area contributed by atoms with E-state index in [1.165, 1.54) is 0 Å². The highest BCUT2D eigenvalue weighted by atomic mass is 16.5. The summed E-state index contributed by atoms with van der Waals surface area (Å²) in [6.07, 6.45) is 2.60. The lowest BCUT2D eigenvalue weighted by atomic mass is 10.3. The van der Waals surface area contributed by atoms with E-state index in [-0.39, 0.29) is 12.0 Å². The van der Waals surface area contributed by atoms with Gasteiger partial charge in [0, 0.05) is 25.3 Å². The van der Waals surface area contributed by atoms with Gasteiger partial charge in [0.25, 0.3) is 5.91 Å². The summed E-state index contributed by atoms with van der Waals surface area (Å²) in [6, 6.07) is 7.55. The molecule has 1 aliphatic heterocycles. The maximum atomic E-state index is 12.2. The van der Waals surface area contributed by atoms with Crippen molar-refractivity contribution in [3.05, 3.63) is 24.3 Å². The van der Waals surface area contributed by atoms with Crippen LogP contribution >= 0.6 is 0 Å². The minimum atomic E-state index is -0.270. The van der Waals surface area contributed by atoms with Crippen LogP contribution in [-0.2, 0) is 9.53 Å². The summed E-state index contributed by atoms with van der Waals surface area (Å²) in [5, 5.41) is 0. The molecule has 0 aromatic heterocycles. The van der Waals surface area contributed by atoms with E-state index >= 15 is 0 Å². The van der Waals surface area contributed by atoms with Crippen LogP contribution in [0.5, 0.6) is 5.75 Å². The Kier molecular flexibility index (Phi) is 4.80. The molecule has 0 bridgehead atoms. The lowest BCUT2D eigenvalue weighted by molar-refractivity contribution is -0.127. The van der Waals surface area contributed by atoms with E-state index in [1.807, 2.05) is 24.3 Å². The van der Waals surface area contributed by atoms with E-state index in [2.05, 4.69) is 6.92 Å². The number of unbranched alkanes of at least 4 members (excludes halogenated alkanes) is 1. The highest BCUT2D eigenvalue weighted by Gasteiger charge is 2.33. The number of rotatable bonds is 6. The van der Waals surface area contributed by atoms with Gasteiger partial charge in [-0.25, -0.2) is 0 Å². The van der Waals surface area contributed by atoms with E-state index < -0.39 is 0 Å². The van der Waals surface area contributed by atoms with Crippen LogP contribution in [0.3, 0.4) is 0 Å². The molecule has 0 radical (unpaired) electrons. The Hall–Kier alpha value is -1.55. The first-order chi connectivity index (χ1) is 9.26. The minimum absolute atomic E-state index is 0.0706. The Bertz CT molecular complexity index is 416. The molecular formula is C15H21NO3. The van der Waals surface area contributed by atoms with Crippen molar-refractivity contribution >= 4 is 11.6 Å². The number of ether oxygens (including phenoxy) is 2. The second-order valence-electron chi connectivity index (χ2n) is 4.69. The molecule has 1 amide bonds. The van der Waals surface area contributed by atoms with Crippen LogP contribution in [0.2, 0.25) is 0 Å². The summed E-state index contributed by atoms with van der Waals surface area (Å²) in [5.74, 6) is 0.868. The van der Waals surface area contributed by atoms with Gasteiger partial charge in [-0.3, -0.25) is 4.79 Å². The lowest BCUT2D eigenvalue weighted by Gasteiger charge is -2.17. The van der Waals surface area contributed by atoms with Crippen molar-refractivity contribution in [1.29, 1.82) is 0 Å². The van der Waals surface area contributed by atoms with Crippen molar-refractivity contribution in [3.63, 3.8) is 0 Å². The minimum Gasteiger partial charge on any atom is -0.497 e. The molecule has 0 saturated carbocycles. The second kappa shape index (κ2) is 6.57. The van der Waals surface area contributed by atoms with E-state index in [0.717, 1.165) is 37.2 Å². The number of hydrogen-bond acceptors (Lipinski definition) is 3. The number of anilines is 1. The number of benzene rings is 1. The Balaban J connectivity index is 1.96. The summed E-state index contributed by atoms with van der Waals surface area (Å²) in [6.45, 7) is 3.51. The number of hydrogen-bond donors (Lipinski definition) is 0. The molecule has 0 aliphatic carbocycles. The molecule has 1 unspecified atom stereocenters. The van der Waals surface area contributed by atoms with Gasteiger partial charge in [-0.05, 0) is 30.7 Å². The van der Waals surface area contributed by atoms with E-state index in [9.17, 15) is 4.79 Å². The average Bonchev–Trinajstić information content (AvgIpc) is 2.81. The van der Waals surface area contributed by atoms with Crippen LogP contribution in [0.15, 0.2) is 24.3 Å². The van der Waals surface area contributed by atoms with Crippen molar-refractivity contribution < 1.29 is 14.3 Å². The average molecular weight is 263 g/mol. The molecule has 1 heterocycles. The monoisotopic (exact) mass is 263 g/mol. The molecule has 19 heavy (non-hydrogen) atoms. The molecule has 1 aliphatic rings. The Morgan fingerprint density at radius 3 is 2.68 bits per heavy atom. The van der Waals surface area contributed by atoms with E-state index in [1.54, 1.807) is 12.0 Å². The molecule has 4 nitrogen and oxygen atoms in total. The molecule has 1 aromatic rings. The van der Waals surface area contributed by atoms with Crippen molar-refractivity contribution in [3.8, 4) is 5.75 Å². The van der Waals surface area contributed by atoms with E-state index in [0.29, 0.717) is 6.61 Å². The van der Waals surface area contributed by atoms with Crippen LogP contribution in [-0.4, -0.2) is 32.3 Å². The molecule has 1 aromatic carbocycles. The topological polar surface area (TPSA) is 38.8 Å². The van der Waals surface area contributed by atoms with Gasteiger partial charge < -0.3 is 14.4 Å². The summed E-state index contributed by atoms with van der Waals surface area (Å²) < 4.78 is 10.8. The van der Waals surface area contributed by atoms with Gasteiger partial charge in [0.15, 0.2) is 0 Å². The van der Waals surface area contributed by atoms with Crippen molar-refractivity contribution in [1.82, 2.24) is 0 Å². The van der Waals surface area contributed by atoms with Crippen LogP contribution < -0.4 is 9.64 Å². The van der Waals surface area contributed by atoms with Crippen LogP contribution in [0.25, 0.3) is 0 Å². The van der Waals surface area contributed by atoms with Gasteiger partial charge in [0.2, 0.25) is 0 Å². The van der Waals surface area contributed by atoms with Crippen LogP contribution in [0, 0.1) is 0 Å². The first-order valence-corrected chi connectivity index (χ1v) is 6.83. The first kappa shape index (κ1) is 13.9. The SMILES string of the molecule is CCCCOC1CCN(c2ccc(OC)cc2)C1=O. The third kappa shape index (κ3) is 3.26. The van der Waals surface area contributed by atoms with Gasteiger partial charge in [-0.2, -0.15) is 0 Å². The fourth-order valence-electron chi connectivity index (χ4n) is 2.20. The smallest absolute Gasteiger partial charge is 0.256 e. The molecule has 104 valence electrons. The van der Waals surface area contributed by atoms with Gasteiger partial charge >= 0.3 is 0 Å². The standard InChI is InChI=1S/C15H21NO3/c1-3-4-11-19-14-9-10-16(15(14)17)12-5-7-13(18-2)8-6-12/h5-8,14H,3-4,9-11H2,1-2H3. The maximum Gasteiger partial charge on any atom is 0.256 e. The third-order valence-electron chi connectivity index (χ3n) is 3.36. The second-order valence-corrected chi connectivity index (χ2v) is 4.69. The van der Waals surface area contributed by atoms with Crippen molar-refractivity contribution in [2.24, 2.45) is 0 Å². The summed E-state index contributed by atoms with van der Waals surface area (Å²) in [4.78, 5) is 14.0. The van der Waals surface area contributed by atoms with Gasteiger partial charge in [0.1, 0.15) is 11.9 Å². The fourth-order valence-corrected chi connectivity index (χ4v) is 2.20. The van der Waals surface area contributed by atoms with E-state index in [4.69, 9.17) is 9.47 Å². The van der Waals surface area contributed by atoms with Gasteiger partial charge in [-0.1, -0.05) is 13.3 Å². The predicted molar refractivity (Wildman–Crippen MR) is 74.6 cm³/mol. The normalized spacial score (nSPS) is 18.9. The number of methoxy groups -OCH3 is 1. The van der Waals surface area contributed by atoms with Crippen LogP contribution in [0.1, 0.15) is 26.2 Å². The first-order valence-electron chi connectivity index (χ1n) is 6.83. The lowest BCUT2D eigenvalue weighted by Crippen LogP contribution is -2.30. The zero-order chi connectivity index (χ0) is 13.7. The largest absolute Gasteiger partial charge is 0.497 e. The number of amides is 1. The number of carbonyl (C=O) groups is 1. The fraction of sp³-hybridized carbons (Fsp3) is 0.533. The quantitative estimate of drug-likeness (QED) is 0.741. The zero-order valence-corrected chi connectivity index (χ0v) is 11.6. The molecule has 2 rings (SSSR count). The molecule has 1 atom stereocenters. The molecule has 4 heteroatoms. The van der Waals surface area contributed by atoms with Crippen molar-refractivity contribution in [2.45, 2.75) is 32.3 Å². The molecular weight excluding hydrogens is 242 g/mol. The van der Waals surface area contributed by atoms with Crippen LogP contribution in [0.4, 0.5) is 5.69 Å². The molecule has 1 fully saturated rings. The van der Waals surface area contributed by atoms with Gasteiger partial charge in [-0.15, -0.1) is 0 Å². The number of nitrogens with zero attached hydrogens (tertiary/aromatic N) is 1. The summed E-state index contributed by atoms with van der Waals surface area (Å²) in [5.41, 5.74) is 0.910. The maximum absolute atomic E-state index is 12.2. The zero-order valence-electron chi connectivity index (χ0n) is 11.6. The predicted octanol–water partition coefficient (Wildman–Crippen LogP) is 2.62. The van der Waals surface area contributed by atoms with Crippen molar-refractivity contribution in [2.75, 3.05) is 25.2 Å². The summed E-state index contributed by atoms with van der Waals surface area (Å²) >= 11 is 0. The Labute approximate surface area is 114 Å². The molecule has 0 N–H and O–H groups in total. The number of carbonyl (C=O) groups excluding carboxylic acids is 1. The molecule has 0 spiro atoms. The molecule has 1 saturated heterocycles. The Morgan fingerprint density at radius 1 is 1.32 bits per heavy atom. The van der Waals surface area contributed by atoms with Gasteiger partial charge in [0.05, 0.1) is 7.11 Å². The third-order valence-corrected chi connectivity index (χ3v) is 3.36. The summed E-state index contributed by atoms with van der Waals surface area (Å²) in [7, 11) is 1.63.